The minimum absolute atomic E-state index is 0.00695. The third-order valence-corrected chi connectivity index (χ3v) is 3.86. The van der Waals surface area contributed by atoms with E-state index < -0.39 is 0 Å². The molecule has 2 N–H and O–H groups in total. The number of fused-ring (bicyclic) bond motifs is 1. The Bertz CT molecular complexity index is 666. The molecule has 21 heavy (non-hydrogen) atoms. The topological polar surface area (TPSA) is 58.2 Å². The zero-order valence-corrected chi connectivity index (χ0v) is 11.8. The molecule has 0 radical (unpaired) electrons. The molecule has 1 aliphatic rings. The summed E-state index contributed by atoms with van der Waals surface area (Å²) >= 11 is 0. The van der Waals surface area contributed by atoms with Gasteiger partial charge in [-0.3, -0.25) is 9.59 Å². The van der Waals surface area contributed by atoms with E-state index in [1.165, 1.54) is 0 Å². The Morgan fingerprint density at radius 3 is 2.81 bits per heavy atom. The Morgan fingerprint density at radius 2 is 2.00 bits per heavy atom. The number of hydrogen-bond donors (Lipinski definition) is 2. The van der Waals surface area contributed by atoms with Gasteiger partial charge in [0.25, 0.3) is 0 Å². The summed E-state index contributed by atoms with van der Waals surface area (Å²) in [7, 11) is 0. The SMILES string of the molecule is O=C1CCC(NC(=O)Cc2cccc3ccccc23)CN1. The minimum Gasteiger partial charge on any atom is -0.354 e. The second-order valence-electron chi connectivity index (χ2n) is 5.42. The molecular formula is C17H18N2O2. The fraction of sp³-hybridized carbons (Fsp3) is 0.294. The van der Waals surface area contributed by atoms with Crippen LogP contribution in [0.5, 0.6) is 0 Å². The predicted octanol–water partition coefficient (Wildman–Crippen LogP) is 1.78. The molecule has 4 nitrogen and oxygen atoms in total. The van der Waals surface area contributed by atoms with Crippen molar-refractivity contribution in [1.82, 2.24) is 10.6 Å². The van der Waals surface area contributed by atoms with E-state index in [-0.39, 0.29) is 17.9 Å². The largest absolute Gasteiger partial charge is 0.354 e. The van der Waals surface area contributed by atoms with Crippen molar-refractivity contribution in [3.8, 4) is 0 Å². The van der Waals surface area contributed by atoms with Gasteiger partial charge in [-0.15, -0.1) is 0 Å². The van der Waals surface area contributed by atoms with Gasteiger partial charge in [-0.25, -0.2) is 0 Å². The van der Waals surface area contributed by atoms with Crippen molar-refractivity contribution >= 4 is 22.6 Å². The highest BCUT2D eigenvalue weighted by Gasteiger charge is 2.19. The van der Waals surface area contributed by atoms with E-state index in [2.05, 4.69) is 10.6 Å². The normalized spacial score (nSPS) is 18.3. The van der Waals surface area contributed by atoms with Crippen molar-refractivity contribution < 1.29 is 9.59 Å². The maximum Gasteiger partial charge on any atom is 0.224 e. The van der Waals surface area contributed by atoms with Crippen LogP contribution >= 0.6 is 0 Å². The average molecular weight is 282 g/mol. The van der Waals surface area contributed by atoms with Crippen molar-refractivity contribution in [3.05, 3.63) is 48.0 Å². The molecule has 1 unspecified atom stereocenters. The molecule has 1 atom stereocenters. The lowest BCUT2D eigenvalue weighted by Crippen LogP contribution is -2.48. The lowest BCUT2D eigenvalue weighted by atomic mass is 10.0. The summed E-state index contributed by atoms with van der Waals surface area (Å²) in [5, 5.41) is 8.04. The summed E-state index contributed by atoms with van der Waals surface area (Å²) < 4.78 is 0. The van der Waals surface area contributed by atoms with Crippen molar-refractivity contribution in [2.24, 2.45) is 0 Å². The van der Waals surface area contributed by atoms with Crippen LogP contribution in [-0.4, -0.2) is 24.4 Å². The molecule has 0 aliphatic carbocycles. The van der Waals surface area contributed by atoms with Crippen LogP contribution in [0.1, 0.15) is 18.4 Å². The van der Waals surface area contributed by atoms with Gasteiger partial charge in [-0.2, -0.15) is 0 Å². The summed E-state index contributed by atoms with van der Waals surface area (Å²) in [4.78, 5) is 23.3. The second-order valence-corrected chi connectivity index (χ2v) is 5.42. The Hall–Kier alpha value is -2.36. The van der Waals surface area contributed by atoms with E-state index in [0.717, 1.165) is 16.3 Å². The van der Waals surface area contributed by atoms with E-state index in [0.29, 0.717) is 25.8 Å². The number of hydrogen-bond acceptors (Lipinski definition) is 2. The summed E-state index contributed by atoms with van der Waals surface area (Å²) in [6.07, 6.45) is 1.57. The van der Waals surface area contributed by atoms with Gasteiger partial charge in [-0.1, -0.05) is 42.5 Å². The molecule has 108 valence electrons. The first-order valence-corrected chi connectivity index (χ1v) is 7.25. The van der Waals surface area contributed by atoms with E-state index in [1.54, 1.807) is 0 Å². The van der Waals surface area contributed by atoms with Gasteiger partial charge in [0.1, 0.15) is 0 Å². The van der Waals surface area contributed by atoms with Crippen LogP contribution in [0.15, 0.2) is 42.5 Å². The van der Waals surface area contributed by atoms with Crippen LogP contribution in [0, 0.1) is 0 Å². The van der Waals surface area contributed by atoms with Gasteiger partial charge in [-0.05, 0) is 22.8 Å². The Balaban J connectivity index is 1.67. The highest BCUT2D eigenvalue weighted by atomic mass is 16.2. The van der Waals surface area contributed by atoms with Crippen LogP contribution in [-0.2, 0) is 16.0 Å². The first-order chi connectivity index (χ1) is 10.2. The third-order valence-electron chi connectivity index (χ3n) is 3.86. The molecule has 1 heterocycles. The molecule has 1 fully saturated rings. The molecular weight excluding hydrogens is 264 g/mol. The third kappa shape index (κ3) is 3.21. The summed E-state index contributed by atoms with van der Waals surface area (Å²) in [6.45, 7) is 0.528. The molecule has 2 amide bonds. The Morgan fingerprint density at radius 1 is 1.19 bits per heavy atom. The first kappa shape index (κ1) is 13.6. The molecule has 1 saturated heterocycles. The molecule has 0 aromatic heterocycles. The van der Waals surface area contributed by atoms with E-state index >= 15 is 0 Å². The van der Waals surface area contributed by atoms with Gasteiger partial charge in [0.05, 0.1) is 6.42 Å². The highest BCUT2D eigenvalue weighted by molar-refractivity contribution is 5.90. The molecule has 2 aromatic carbocycles. The second kappa shape index (κ2) is 5.95. The summed E-state index contributed by atoms with van der Waals surface area (Å²) in [5.74, 6) is 0.0713. The van der Waals surface area contributed by atoms with Crippen LogP contribution in [0.25, 0.3) is 10.8 Å². The van der Waals surface area contributed by atoms with Crippen molar-refractivity contribution in [2.45, 2.75) is 25.3 Å². The quantitative estimate of drug-likeness (QED) is 0.901. The Kier molecular flexibility index (Phi) is 3.86. The van der Waals surface area contributed by atoms with Crippen molar-refractivity contribution in [1.29, 1.82) is 0 Å². The predicted molar refractivity (Wildman–Crippen MR) is 81.8 cm³/mol. The fourth-order valence-corrected chi connectivity index (χ4v) is 2.75. The van der Waals surface area contributed by atoms with Crippen LogP contribution < -0.4 is 10.6 Å². The zero-order chi connectivity index (χ0) is 14.7. The first-order valence-electron chi connectivity index (χ1n) is 7.25. The molecule has 3 rings (SSSR count). The van der Waals surface area contributed by atoms with Gasteiger partial charge in [0.2, 0.25) is 11.8 Å². The number of benzene rings is 2. The number of rotatable bonds is 3. The maximum atomic E-state index is 12.2. The van der Waals surface area contributed by atoms with Crippen LogP contribution in [0.4, 0.5) is 0 Å². The molecule has 0 saturated carbocycles. The van der Waals surface area contributed by atoms with E-state index in [9.17, 15) is 9.59 Å². The Labute approximate surface area is 123 Å². The standard InChI is InChI=1S/C17H18N2O2/c20-16-9-8-14(11-18-16)19-17(21)10-13-6-3-5-12-4-1-2-7-15(12)13/h1-7,14H,8-11H2,(H,18,20)(H,19,21). The number of carbonyl (C=O) groups is 2. The maximum absolute atomic E-state index is 12.2. The summed E-state index contributed by atoms with van der Waals surface area (Å²) in [5.41, 5.74) is 1.03. The van der Waals surface area contributed by atoms with Crippen molar-refractivity contribution in [2.75, 3.05) is 6.54 Å². The highest BCUT2D eigenvalue weighted by Crippen LogP contribution is 2.19. The van der Waals surface area contributed by atoms with E-state index in [1.807, 2.05) is 42.5 Å². The van der Waals surface area contributed by atoms with Gasteiger partial charge in [0.15, 0.2) is 0 Å². The monoisotopic (exact) mass is 282 g/mol. The smallest absolute Gasteiger partial charge is 0.224 e. The molecule has 1 aliphatic heterocycles. The fourth-order valence-electron chi connectivity index (χ4n) is 2.75. The van der Waals surface area contributed by atoms with Gasteiger partial charge < -0.3 is 10.6 Å². The summed E-state index contributed by atoms with van der Waals surface area (Å²) in [6, 6.07) is 14.1. The number of nitrogens with one attached hydrogen (secondary N) is 2. The molecule has 0 bridgehead atoms. The molecule has 0 spiro atoms. The molecule has 4 heteroatoms. The number of piperidine rings is 1. The lowest BCUT2D eigenvalue weighted by molar-refractivity contribution is -0.125. The van der Waals surface area contributed by atoms with Crippen molar-refractivity contribution in [3.63, 3.8) is 0 Å². The molecule has 2 aromatic rings. The van der Waals surface area contributed by atoms with Gasteiger partial charge >= 0.3 is 0 Å². The minimum atomic E-state index is 0.00695. The zero-order valence-electron chi connectivity index (χ0n) is 11.8. The van der Waals surface area contributed by atoms with Crippen LogP contribution in [0.3, 0.4) is 0 Å². The lowest BCUT2D eigenvalue weighted by Gasteiger charge is -2.23. The number of amides is 2. The average Bonchev–Trinajstić information content (AvgIpc) is 2.50. The van der Waals surface area contributed by atoms with Gasteiger partial charge in [0, 0.05) is 19.0 Å². The van der Waals surface area contributed by atoms with E-state index in [4.69, 9.17) is 0 Å². The van der Waals surface area contributed by atoms with Crippen LogP contribution in [0.2, 0.25) is 0 Å². The number of carbonyl (C=O) groups excluding carboxylic acids is 2.